The van der Waals surface area contributed by atoms with Crippen LogP contribution in [0.2, 0.25) is 0 Å². The normalized spacial score (nSPS) is 13.2. The van der Waals surface area contributed by atoms with E-state index in [1.807, 2.05) is 55.5 Å². The molecule has 1 amide bonds. The number of rotatable bonds is 11. The lowest BCUT2D eigenvalue weighted by molar-refractivity contribution is 0.0948. The molecule has 1 N–H and O–H groups in total. The van der Waals surface area contributed by atoms with Crippen molar-refractivity contribution < 1.29 is 9.53 Å². The molecule has 248 valence electrons. The fourth-order valence-corrected chi connectivity index (χ4v) is 6.83. The molecule has 0 saturated carbocycles. The number of carbonyl (C=O) groups excluding carboxylic acids is 1. The molecule has 4 aromatic carbocycles. The molecule has 0 atom stereocenters. The Balaban J connectivity index is 1.15. The number of aromatic nitrogens is 3. The second-order valence-corrected chi connectivity index (χ2v) is 13.0. The predicted molar refractivity (Wildman–Crippen MR) is 196 cm³/mol. The number of para-hydroxylation sites is 2. The van der Waals surface area contributed by atoms with Crippen molar-refractivity contribution in [2.24, 2.45) is 0 Å². The summed E-state index contributed by atoms with van der Waals surface area (Å²) in [6, 6.07) is 34.5. The van der Waals surface area contributed by atoms with Crippen LogP contribution in [-0.4, -0.2) is 38.4 Å². The number of pyridine rings is 1. The van der Waals surface area contributed by atoms with Crippen LogP contribution in [0.15, 0.2) is 103 Å². The van der Waals surface area contributed by atoms with Gasteiger partial charge in [0.15, 0.2) is 5.65 Å². The molecule has 0 bridgehead atoms. The maximum Gasteiger partial charge on any atom is 0.255 e. The number of ether oxygens (including phenoxy) is 1. The average molecular weight is 650 g/mol. The van der Waals surface area contributed by atoms with Gasteiger partial charge in [0.25, 0.3) is 5.91 Å². The molecule has 0 unspecified atom stereocenters. The molecule has 1 aliphatic heterocycles. The number of amides is 1. The Kier molecular flexibility index (Phi) is 9.53. The highest BCUT2D eigenvalue weighted by Crippen LogP contribution is 2.29. The quantitative estimate of drug-likeness (QED) is 0.152. The Labute approximate surface area is 288 Å². The Morgan fingerprint density at radius 2 is 1.55 bits per heavy atom. The zero-order valence-corrected chi connectivity index (χ0v) is 28.6. The van der Waals surface area contributed by atoms with Gasteiger partial charge in [-0.15, -0.1) is 0 Å². The molecular formula is C42H43N5O2. The third-order valence-corrected chi connectivity index (χ3v) is 9.34. The Morgan fingerprint density at radius 3 is 2.33 bits per heavy atom. The van der Waals surface area contributed by atoms with Crippen molar-refractivity contribution in [2.45, 2.75) is 59.7 Å². The van der Waals surface area contributed by atoms with Crippen LogP contribution in [0, 0.1) is 13.8 Å². The molecule has 1 aliphatic rings. The van der Waals surface area contributed by atoms with Crippen LogP contribution >= 0.6 is 0 Å². The second kappa shape index (κ2) is 14.5. The first-order valence-corrected chi connectivity index (χ1v) is 17.3. The summed E-state index contributed by atoms with van der Waals surface area (Å²) in [5, 5.41) is 3.18. The Bertz CT molecular complexity index is 2080. The standard InChI is InChI=1S/C42H43N5O2/c1-4-39-45-40-29(2)24-30(3)44-41(40)47(39)28-31-16-19-33(20-17-31)37-25-32(27-46-22-10-11-23-46)18-21-34(37)26-43-42(48)36-14-8-9-15-38(36)49-35-12-6-5-7-13-35/h5-9,12-21,24-25H,4,10-11,22-23,26-28H2,1-3H3,(H,43,48). The molecule has 1 saturated heterocycles. The fourth-order valence-electron chi connectivity index (χ4n) is 6.83. The number of hydrogen-bond donors (Lipinski definition) is 1. The summed E-state index contributed by atoms with van der Waals surface area (Å²) in [6.07, 6.45) is 3.36. The Morgan fingerprint density at radius 1 is 0.816 bits per heavy atom. The lowest BCUT2D eigenvalue weighted by atomic mass is 9.96. The number of benzene rings is 4. The SMILES string of the molecule is CCc1nc2c(C)cc(C)nc2n1Cc1ccc(-c2cc(CN3CCCC3)ccc2CNC(=O)c2ccccc2Oc2ccccc2)cc1. The van der Waals surface area contributed by atoms with Gasteiger partial charge < -0.3 is 14.6 Å². The summed E-state index contributed by atoms with van der Waals surface area (Å²) in [5.74, 6) is 2.09. The van der Waals surface area contributed by atoms with Gasteiger partial charge in [-0.05, 0) is 110 Å². The highest BCUT2D eigenvalue weighted by atomic mass is 16.5. The molecule has 0 aliphatic carbocycles. The summed E-state index contributed by atoms with van der Waals surface area (Å²) in [5.41, 5.74) is 10.4. The molecule has 7 heteroatoms. The molecule has 3 heterocycles. The molecule has 0 spiro atoms. The molecule has 49 heavy (non-hydrogen) atoms. The van der Waals surface area contributed by atoms with E-state index in [-0.39, 0.29) is 5.91 Å². The molecule has 2 aromatic heterocycles. The van der Waals surface area contributed by atoms with Gasteiger partial charge in [0.05, 0.1) is 12.1 Å². The van der Waals surface area contributed by atoms with Crippen LogP contribution in [0.25, 0.3) is 22.3 Å². The fraction of sp³-hybridized carbons (Fsp3) is 0.262. The molecule has 0 radical (unpaired) electrons. The number of nitrogens with zero attached hydrogens (tertiary/aromatic N) is 4. The number of likely N-dealkylation sites (tertiary alicyclic amines) is 1. The highest BCUT2D eigenvalue weighted by molar-refractivity contribution is 5.97. The van der Waals surface area contributed by atoms with Crippen molar-refractivity contribution in [3.63, 3.8) is 0 Å². The summed E-state index contributed by atoms with van der Waals surface area (Å²) in [6.45, 7) is 10.6. The van der Waals surface area contributed by atoms with E-state index in [2.05, 4.69) is 77.2 Å². The first-order chi connectivity index (χ1) is 23.9. The van der Waals surface area contributed by atoms with Crippen molar-refractivity contribution >= 4 is 17.1 Å². The minimum atomic E-state index is -0.174. The minimum Gasteiger partial charge on any atom is -0.457 e. The first-order valence-electron chi connectivity index (χ1n) is 17.3. The smallest absolute Gasteiger partial charge is 0.255 e. The second-order valence-electron chi connectivity index (χ2n) is 13.0. The molecular weight excluding hydrogens is 606 g/mol. The van der Waals surface area contributed by atoms with Crippen LogP contribution in [0.5, 0.6) is 11.5 Å². The predicted octanol–water partition coefficient (Wildman–Crippen LogP) is 8.64. The van der Waals surface area contributed by atoms with E-state index in [9.17, 15) is 4.79 Å². The van der Waals surface area contributed by atoms with Crippen LogP contribution in [0.1, 0.15) is 63.9 Å². The molecule has 6 aromatic rings. The third kappa shape index (κ3) is 7.27. The van der Waals surface area contributed by atoms with E-state index in [0.717, 1.165) is 71.0 Å². The monoisotopic (exact) mass is 649 g/mol. The van der Waals surface area contributed by atoms with E-state index in [4.69, 9.17) is 14.7 Å². The average Bonchev–Trinajstić information content (AvgIpc) is 3.76. The number of nitrogens with one attached hydrogen (secondary N) is 1. The number of imidazole rings is 1. The van der Waals surface area contributed by atoms with Gasteiger partial charge in [0.1, 0.15) is 22.8 Å². The molecule has 7 rings (SSSR count). The van der Waals surface area contributed by atoms with Gasteiger partial charge >= 0.3 is 0 Å². The van der Waals surface area contributed by atoms with Crippen LogP contribution in [0.4, 0.5) is 0 Å². The van der Waals surface area contributed by atoms with Crippen LogP contribution in [-0.2, 0) is 26.1 Å². The summed E-state index contributed by atoms with van der Waals surface area (Å²) >= 11 is 0. The van der Waals surface area contributed by atoms with Crippen LogP contribution in [0.3, 0.4) is 0 Å². The summed E-state index contributed by atoms with van der Waals surface area (Å²) in [4.78, 5) is 25.9. The largest absolute Gasteiger partial charge is 0.457 e. The van der Waals surface area contributed by atoms with Gasteiger partial charge in [-0.25, -0.2) is 9.97 Å². The van der Waals surface area contributed by atoms with Crippen molar-refractivity contribution in [3.8, 4) is 22.6 Å². The molecule has 7 nitrogen and oxygen atoms in total. The summed E-state index contributed by atoms with van der Waals surface area (Å²) < 4.78 is 8.33. The molecule has 1 fully saturated rings. The van der Waals surface area contributed by atoms with E-state index < -0.39 is 0 Å². The van der Waals surface area contributed by atoms with Gasteiger partial charge in [0, 0.05) is 25.2 Å². The highest BCUT2D eigenvalue weighted by Gasteiger charge is 2.18. The maximum absolute atomic E-state index is 13.5. The lowest BCUT2D eigenvalue weighted by Crippen LogP contribution is -2.24. The topological polar surface area (TPSA) is 72.3 Å². The van der Waals surface area contributed by atoms with Crippen molar-refractivity contribution in [2.75, 3.05) is 13.1 Å². The zero-order chi connectivity index (χ0) is 33.7. The van der Waals surface area contributed by atoms with Gasteiger partial charge in [-0.1, -0.05) is 73.7 Å². The lowest BCUT2D eigenvalue weighted by Gasteiger charge is -2.18. The van der Waals surface area contributed by atoms with Crippen molar-refractivity contribution in [3.05, 3.63) is 142 Å². The third-order valence-electron chi connectivity index (χ3n) is 9.34. The van der Waals surface area contributed by atoms with E-state index in [0.29, 0.717) is 30.2 Å². The van der Waals surface area contributed by atoms with E-state index in [1.165, 1.54) is 24.0 Å². The van der Waals surface area contributed by atoms with E-state index >= 15 is 0 Å². The zero-order valence-electron chi connectivity index (χ0n) is 28.6. The van der Waals surface area contributed by atoms with Gasteiger partial charge in [-0.3, -0.25) is 9.69 Å². The number of fused-ring (bicyclic) bond motifs is 1. The maximum atomic E-state index is 13.5. The minimum absolute atomic E-state index is 0.174. The van der Waals surface area contributed by atoms with Gasteiger partial charge in [0.2, 0.25) is 0 Å². The number of carbonyl (C=O) groups is 1. The van der Waals surface area contributed by atoms with Gasteiger partial charge in [-0.2, -0.15) is 0 Å². The number of hydrogen-bond acceptors (Lipinski definition) is 5. The Hall–Kier alpha value is -5.27. The van der Waals surface area contributed by atoms with Crippen LogP contribution < -0.4 is 10.1 Å². The number of aryl methyl sites for hydroxylation is 3. The van der Waals surface area contributed by atoms with Crippen molar-refractivity contribution in [1.82, 2.24) is 24.8 Å². The van der Waals surface area contributed by atoms with E-state index in [1.54, 1.807) is 6.07 Å². The summed E-state index contributed by atoms with van der Waals surface area (Å²) in [7, 11) is 0. The first kappa shape index (κ1) is 32.3. The van der Waals surface area contributed by atoms with Crippen molar-refractivity contribution in [1.29, 1.82) is 0 Å².